The van der Waals surface area contributed by atoms with E-state index in [1.807, 2.05) is 0 Å². The average molecular weight is 433 g/mol. The zero-order valence-electron chi connectivity index (χ0n) is 13.7. The van der Waals surface area contributed by atoms with Gasteiger partial charge in [-0.25, -0.2) is 8.42 Å². The monoisotopic (exact) mass is 432 g/mol. The van der Waals surface area contributed by atoms with Gasteiger partial charge in [0.15, 0.2) is 9.84 Å². The van der Waals surface area contributed by atoms with Crippen molar-refractivity contribution in [2.75, 3.05) is 0 Å². The molecule has 0 aromatic heterocycles. The van der Waals surface area contributed by atoms with Gasteiger partial charge in [-0.1, -0.05) is 24.3 Å². The zero-order valence-corrected chi connectivity index (χ0v) is 16.0. The molecule has 0 N–H and O–H groups in total. The SMILES string of the molecule is O=[N+]([O-])c1cccc(CC(Cl)S(=O)(=O)C(Cl)Cc2cccc([N+](=O)[O-])c2)c1. The van der Waals surface area contributed by atoms with Gasteiger partial charge in [-0.3, -0.25) is 20.2 Å². The normalized spacial score (nSPS) is 13.7. The van der Waals surface area contributed by atoms with Crippen LogP contribution in [0.4, 0.5) is 11.4 Å². The maximum absolute atomic E-state index is 12.5. The van der Waals surface area contributed by atoms with Crippen molar-refractivity contribution in [3.05, 3.63) is 79.9 Å². The third kappa shape index (κ3) is 5.38. The summed E-state index contributed by atoms with van der Waals surface area (Å²) in [6.45, 7) is 0. The number of non-ortho nitro benzene ring substituents is 2. The van der Waals surface area contributed by atoms with E-state index in [1.54, 1.807) is 0 Å². The molecule has 27 heavy (non-hydrogen) atoms. The summed E-state index contributed by atoms with van der Waals surface area (Å²) < 4.78 is 22.3. The van der Waals surface area contributed by atoms with Crippen molar-refractivity contribution in [2.24, 2.45) is 0 Å². The van der Waals surface area contributed by atoms with E-state index in [0.29, 0.717) is 11.1 Å². The summed E-state index contributed by atoms with van der Waals surface area (Å²) >= 11 is 12.1. The van der Waals surface area contributed by atoms with Gasteiger partial charge < -0.3 is 0 Å². The van der Waals surface area contributed by atoms with E-state index in [1.165, 1.54) is 48.5 Å². The van der Waals surface area contributed by atoms with Crippen molar-refractivity contribution in [1.29, 1.82) is 0 Å². The van der Waals surface area contributed by atoms with Crippen LogP contribution in [0.5, 0.6) is 0 Å². The molecule has 0 aliphatic rings. The van der Waals surface area contributed by atoms with E-state index in [-0.39, 0.29) is 24.2 Å². The molecule has 2 aromatic carbocycles. The van der Waals surface area contributed by atoms with E-state index in [4.69, 9.17) is 23.2 Å². The van der Waals surface area contributed by atoms with E-state index in [2.05, 4.69) is 0 Å². The van der Waals surface area contributed by atoms with Gasteiger partial charge in [-0.05, 0) is 11.1 Å². The number of hydrogen-bond donors (Lipinski definition) is 0. The van der Waals surface area contributed by atoms with Crippen molar-refractivity contribution in [3.63, 3.8) is 0 Å². The highest BCUT2D eigenvalue weighted by molar-refractivity contribution is 7.95. The third-order valence-corrected chi connectivity index (χ3v) is 7.31. The lowest BCUT2D eigenvalue weighted by Crippen LogP contribution is -2.28. The molecule has 0 bridgehead atoms. The number of nitro benzene ring substituents is 2. The van der Waals surface area contributed by atoms with E-state index in [9.17, 15) is 28.6 Å². The highest BCUT2D eigenvalue weighted by Gasteiger charge is 2.32. The van der Waals surface area contributed by atoms with Gasteiger partial charge in [0.2, 0.25) is 0 Å². The molecule has 0 radical (unpaired) electrons. The Bertz CT molecular complexity index is 895. The number of nitrogens with zero attached hydrogens (tertiary/aromatic N) is 2. The van der Waals surface area contributed by atoms with Gasteiger partial charge in [0.25, 0.3) is 11.4 Å². The second kappa shape index (κ2) is 8.64. The van der Waals surface area contributed by atoms with Crippen LogP contribution in [0.1, 0.15) is 11.1 Å². The summed E-state index contributed by atoms with van der Waals surface area (Å²) in [6, 6.07) is 11.0. The number of alkyl halides is 2. The summed E-state index contributed by atoms with van der Waals surface area (Å²) in [5.41, 5.74) is 0.416. The fraction of sp³-hybridized carbons (Fsp3) is 0.250. The number of halogens is 2. The first-order valence-corrected chi connectivity index (χ1v) is 10.1. The van der Waals surface area contributed by atoms with Crippen LogP contribution < -0.4 is 0 Å². The number of sulfone groups is 1. The van der Waals surface area contributed by atoms with Crippen LogP contribution in [0, 0.1) is 20.2 Å². The molecule has 8 nitrogen and oxygen atoms in total. The zero-order chi connectivity index (χ0) is 20.2. The van der Waals surface area contributed by atoms with Gasteiger partial charge in [-0.15, -0.1) is 23.2 Å². The maximum atomic E-state index is 12.5. The van der Waals surface area contributed by atoms with E-state index in [0.717, 1.165) is 0 Å². The molecule has 0 saturated heterocycles. The van der Waals surface area contributed by atoms with Crippen LogP contribution in [-0.4, -0.2) is 27.7 Å². The summed E-state index contributed by atoms with van der Waals surface area (Å²) in [4.78, 5) is 20.4. The summed E-state index contributed by atoms with van der Waals surface area (Å²) in [5, 5.41) is 21.6. The van der Waals surface area contributed by atoms with Crippen LogP contribution in [0.25, 0.3) is 0 Å². The first kappa shape index (κ1) is 21.1. The minimum atomic E-state index is -4.01. The first-order chi connectivity index (χ1) is 12.6. The highest BCUT2D eigenvalue weighted by atomic mass is 35.5. The Labute approximate surface area is 164 Å². The Morgan fingerprint density at radius 2 is 1.19 bits per heavy atom. The van der Waals surface area contributed by atoms with Crippen LogP contribution in [-0.2, 0) is 22.7 Å². The number of rotatable bonds is 8. The molecule has 0 fully saturated rings. The Balaban J connectivity index is 2.14. The van der Waals surface area contributed by atoms with E-state index >= 15 is 0 Å². The Kier molecular flexibility index (Phi) is 6.74. The topological polar surface area (TPSA) is 120 Å². The van der Waals surface area contributed by atoms with Gasteiger partial charge in [0.1, 0.15) is 9.42 Å². The standard InChI is InChI=1S/C16H14Cl2N2O6S/c17-15(9-11-3-1-5-13(7-11)19(21)22)27(25,26)16(18)10-12-4-2-6-14(8-12)20(23)24/h1-8,15-16H,9-10H2. The molecule has 2 aromatic rings. The Morgan fingerprint density at radius 3 is 1.52 bits per heavy atom. The van der Waals surface area contributed by atoms with Crippen molar-refractivity contribution < 1.29 is 18.3 Å². The van der Waals surface area contributed by atoms with Gasteiger partial charge in [0.05, 0.1) is 9.85 Å². The molecule has 144 valence electrons. The molecular weight excluding hydrogens is 419 g/mol. The molecule has 0 spiro atoms. The van der Waals surface area contributed by atoms with Crippen molar-refractivity contribution in [1.82, 2.24) is 0 Å². The Hall–Kier alpha value is -2.23. The number of nitro groups is 2. The smallest absolute Gasteiger partial charge is 0.258 e. The molecule has 11 heteroatoms. The predicted octanol–water partition coefficient (Wildman–Crippen LogP) is 3.83. The predicted molar refractivity (Wildman–Crippen MR) is 102 cm³/mol. The molecule has 2 atom stereocenters. The van der Waals surface area contributed by atoms with Crippen LogP contribution >= 0.6 is 23.2 Å². The maximum Gasteiger partial charge on any atom is 0.269 e. The van der Waals surface area contributed by atoms with Gasteiger partial charge in [-0.2, -0.15) is 0 Å². The quantitative estimate of drug-likeness (QED) is 0.354. The number of benzene rings is 2. The van der Waals surface area contributed by atoms with E-state index < -0.39 is 29.1 Å². The van der Waals surface area contributed by atoms with Crippen molar-refractivity contribution in [3.8, 4) is 0 Å². The lowest BCUT2D eigenvalue weighted by molar-refractivity contribution is -0.385. The van der Waals surface area contributed by atoms with Gasteiger partial charge in [0, 0.05) is 37.1 Å². The lowest BCUT2D eigenvalue weighted by Gasteiger charge is -2.16. The minimum Gasteiger partial charge on any atom is -0.258 e. The largest absolute Gasteiger partial charge is 0.269 e. The molecule has 0 aliphatic carbocycles. The van der Waals surface area contributed by atoms with Crippen molar-refractivity contribution >= 4 is 44.4 Å². The molecule has 2 unspecified atom stereocenters. The summed E-state index contributed by atoms with van der Waals surface area (Å²) in [6.07, 6.45) is -0.326. The first-order valence-electron chi connectivity index (χ1n) is 7.59. The van der Waals surface area contributed by atoms with Crippen LogP contribution in [0.2, 0.25) is 0 Å². The highest BCUT2D eigenvalue weighted by Crippen LogP contribution is 2.26. The molecule has 0 heterocycles. The summed E-state index contributed by atoms with van der Waals surface area (Å²) in [7, 11) is -4.01. The Morgan fingerprint density at radius 1 is 0.815 bits per heavy atom. The second-order valence-corrected chi connectivity index (χ2v) is 9.56. The number of hydrogen-bond acceptors (Lipinski definition) is 6. The van der Waals surface area contributed by atoms with Crippen molar-refractivity contribution in [2.45, 2.75) is 22.3 Å². The molecule has 2 rings (SSSR count). The van der Waals surface area contributed by atoms with Crippen LogP contribution in [0.15, 0.2) is 48.5 Å². The molecule has 0 saturated carbocycles. The van der Waals surface area contributed by atoms with Gasteiger partial charge >= 0.3 is 0 Å². The second-order valence-electron chi connectivity index (χ2n) is 5.67. The average Bonchev–Trinajstić information content (AvgIpc) is 2.61. The lowest BCUT2D eigenvalue weighted by atomic mass is 10.1. The third-order valence-electron chi connectivity index (χ3n) is 3.75. The summed E-state index contributed by atoms with van der Waals surface area (Å²) in [5.74, 6) is 0. The van der Waals surface area contributed by atoms with Crippen LogP contribution in [0.3, 0.4) is 0 Å². The fourth-order valence-electron chi connectivity index (χ4n) is 2.36. The molecule has 0 aliphatic heterocycles. The molecule has 0 amide bonds. The molecular formula is C16H14Cl2N2O6S. The fourth-order valence-corrected chi connectivity index (χ4v) is 4.79. The minimum absolute atomic E-state index is 0.163.